The first-order valence-corrected chi connectivity index (χ1v) is 16.5. The van der Waals surface area contributed by atoms with Crippen molar-refractivity contribution in [2.24, 2.45) is 0 Å². The average molecular weight is 611 g/mol. The van der Waals surface area contributed by atoms with Crippen molar-refractivity contribution in [1.82, 2.24) is 29.9 Å². The summed E-state index contributed by atoms with van der Waals surface area (Å²) < 4.78 is 46.5. The van der Waals surface area contributed by atoms with Crippen molar-refractivity contribution in [2.45, 2.75) is 44.8 Å². The third-order valence-corrected chi connectivity index (χ3v) is 8.74. The second-order valence-corrected chi connectivity index (χ2v) is 13.2. The smallest absolute Gasteiger partial charge is 0.209 e. The molecule has 1 aliphatic rings. The number of sulfonamides is 1. The maximum absolute atomic E-state index is 14.6. The fourth-order valence-corrected chi connectivity index (χ4v) is 6.38. The molecule has 2 aromatic carbocycles. The first-order chi connectivity index (χ1) is 21.3. The highest BCUT2D eigenvalue weighted by molar-refractivity contribution is 7.88. The van der Waals surface area contributed by atoms with Crippen molar-refractivity contribution in [3.8, 4) is 39.4 Å². The van der Waals surface area contributed by atoms with Gasteiger partial charge in [-0.2, -0.15) is 5.10 Å². The summed E-state index contributed by atoms with van der Waals surface area (Å²) in [5.41, 5.74) is 6.94. The molecule has 3 N–H and O–H groups in total. The second kappa shape index (κ2) is 11.5. The number of halogens is 1. The molecule has 4 aromatic heterocycles. The molecule has 0 unspecified atom stereocenters. The quantitative estimate of drug-likeness (QED) is 0.175. The normalized spacial score (nSPS) is 14.4. The van der Waals surface area contributed by atoms with Gasteiger partial charge in [-0.3, -0.25) is 15.1 Å². The molecular weight excluding hydrogens is 579 g/mol. The van der Waals surface area contributed by atoms with Crippen LogP contribution in [-0.2, 0) is 16.6 Å². The topological polar surface area (TPSA) is 126 Å². The van der Waals surface area contributed by atoms with Crippen molar-refractivity contribution in [3.05, 3.63) is 84.7 Å². The lowest BCUT2D eigenvalue weighted by Crippen LogP contribution is -2.21. The lowest BCUT2D eigenvalue weighted by atomic mass is 9.98. The van der Waals surface area contributed by atoms with Crippen molar-refractivity contribution < 1.29 is 17.5 Å². The van der Waals surface area contributed by atoms with Gasteiger partial charge in [0.25, 0.3) is 0 Å². The largest absolute Gasteiger partial charge is 0.489 e. The maximum atomic E-state index is 14.6. The van der Waals surface area contributed by atoms with E-state index in [-0.39, 0.29) is 12.6 Å². The summed E-state index contributed by atoms with van der Waals surface area (Å²) in [5.74, 6) is 0.319. The highest BCUT2D eigenvalue weighted by atomic mass is 32.2. The van der Waals surface area contributed by atoms with E-state index in [1.54, 1.807) is 24.7 Å². The number of benzene rings is 2. The van der Waals surface area contributed by atoms with Gasteiger partial charge in [0.05, 0.1) is 41.5 Å². The first-order valence-electron chi connectivity index (χ1n) is 14.6. The zero-order chi connectivity index (χ0) is 30.3. The fraction of sp³-hybridized carbons (Fsp3) is 0.242. The Morgan fingerprint density at radius 2 is 1.73 bits per heavy atom. The predicted octanol–water partition coefficient (Wildman–Crippen LogP) is 6.74. The van der Waals surface area contributed by atoms with Gasteiger partial charge in [-0.05, 0) is 84.8 Å². The minimum absolute atomic E-state index is 0.0158. The van der Waals surface area contributed by atoms with Crippen molar-refractivity contribution in [3.63, 3.8) is 0 Å². The number of pyridine rings is 2. The Bertz CT molecular complexity index is 2100. The first kappa shape index (κ1) is 28.2. The summed E-state index contributed by atoms with van der Waals surface area (Å²) in [6.45, 7) is -0.0158. The molecule has 7 rings (SSSR count). The molecule has 0 bridgehead atoms. The zero-order valence-corrected chi connectivity index (χ0v) is 24.9. The maximum Gasteiger partial charge on any atom is 0.209 e. The van der Waals surface area contributed by atoms with Crippen LogP contribution in [0.4, 0.5) is 4.39 Å². The Morgan fingerprint density at radius 3 is 2.57 bits per heavy atom. The Labute approximate surface area is 254 Å². The minimum Gasteiger partial charge on any atom is -0.489 e. The number of nitrogens with zero attached hydrogens (tertiary/aromatic N) is 3. The molecule has 0 aliphatic heterocycles. The van der Waals surface area contributed by atoms with Crippen molar-refractivity contribution in [2.75, 3.05) is 6.26 Å². The van der Waals surface area contributed by atoms with Crippen LogP contribution in [0.1, 0.15) is 37.7 Å². The number of fused-ring (bicyclic) bond motifs is 2. The third-order valence-electron chi connectivity index (χ3n) is 8.07. The van der Waals surface area contributed by atoms with E-state index in [2.05, 4.69) is 35.9 Å². The van der Waals surface area contributed by atoms with Gasteiger partial charge in [-0.15, -0.1) is 0 Å². The lowest BCUT2D eigenvalue weighted by Gasteiger charge is -2.23. The zero-order valence-electron chi connectivity index (χ0n) is 24.1. The highest BCUT2D eigenvalue weighted by Crippen LogP contribution is 2.36. The Hall–Kier alpha value is -4.61. The van der Waals surface area contributed by atoms with Gasteiger partial charge in [0.1, 0.15) is 17.3 Å². The van der Waals surface area contributed by atoms with Crippen LogP contribution in [0.5, 0.6) is 5.75 Å². The summed E-state index contributed by atoms with van der Waals surface area (Å²) in [6.07, 6.45) is 14.2. The highest BCUT2D eigenvalue weighted by Gasteiger charge is 2.18. The molecule has 0 spiro atoms. The van der Waals surface area contributed by atoms with Gasteiger partial charge in [-0.25, -0.2) is 17.5 Å². The van der Waals surface area contributed by atoms with E-state index in [0.717, 1.165) is 69.2 Å². The monoisotopic (exact) mass is 610 g/mol. The van der Waals surface area contributed by atoms with Gasteiger partial charge >= 0.3 is 0 Å². The number of nitrogens with one attached hydrogen (secondary N) is 3. The summed E-state index contributed by atoms with van der Waals surface area (Å²) in [6, 6.07) is 14.7. The number of aromatic nitrogens is 5. The molecule has 44 heavy (non-hydrogen) atoms. The second-order valence-electron chi connectivity index (χ2n) is 11.4. The predicted molar refractivity (Wildman–Crippen MR) is 169 cm³/mol. The van der Waals surface area contributed by atoms with Gasteiger partial charge in [0, 0.05) is 40.8 Å². The molecule has 6 aromatic rings. The van der Waals surface area contributed by atoms with Crippen LogP contribution in [0.15, 0.2) is 73.3 Å². The van der Waals surface area contributed by atoms with Crippen LogP contribution >= 0.6 is 0 Å². The molecule has 0 saturated heterocycles. The average Bonchev–Trinajstić information content (AvgIpc) is 3.64. The van der Waals surface area contributed by atoms with Gasteiger partial charge in [0.15, 0.2) is 0 Å². The van der Waals surface area contributed by atoms with E-state index >= 15 is 0 Å². The molecule has 0 atom stereocenters. The summed E-state index contributed by atoms with van der Waals surface area (Å²) in [5, 5.41) is 9.53. The summed E-state index contributed by atoms with van der Waals surface area (Å²) >= 11 is 0. The van der Waals surface area contributed by atoms with Gasteiger partial charge in [0.2, 0.25) is 10.0 Å². The van der Waals surface area contributed by atoms with Crippen LogP contribution in [0.25, 0.3) is 55.4 Å². The molecule has 224 valence electrons. The van der Waals surface area contributed by atoms with E-state index < -0.39 is 15.8 Å². The van der Waals surface area contributed by atoms with E-state index in [9.17, 15) is 12.8 Å². The van der Waals surface area contributed by atoms with Gasteiger partial charge in [-0.1, -0.05) is 12.5 Å². The molecule has 4 heterocycles. The third kappa shape index (κ3) is 5.93. The minimum atomic E-state index is -3.43. The standard InChI is InChI=1S/C33H31FN6O3S/c1-44(41,42)37-15-20-9-22(11-24(34)10-20)29-18-36-19-32-27(29)14-31(38-32)33-28-13-21(7-8-30(28)39-40-33)23-12-26(17-35-16-23)43-25-5-3-2-4-6-25/h7-14,16-19,25,37-38H,2-6,15H2,1H3,(H,39,40). The van der Waals surface area contributed by atoms with E-state index in [1.807, 2.05) is 30.5 Å². The van der Waals surface area contributed by atoms with E-state index in [4.69, 9.17) is 4.74 Å². The van der Waals surface area contributed by atoms with Crippen LogP contribution in [-0.4, -0.2) is 45.9 Å². The number of ether oxygens (including phenoxy) is 1. The lowest BCUT2D eigenvalue weighted by molar-refractivity contribution is 0.154. The Balaban J connectivity index is 1.23. The molecule has 9 nitrogen and oxygen atoms in total. The molecule has 0 amide bonds. The number of hydrogen-bond acceptors (Lipinski definition) is 6. The van der Waals surface area contributed by atoms with Gasteiger partial charge < -0.3 is 9.72 Å². The van der Waals surface area contributed by atoms with Crippen LogP contribution < -0.4 is 9.46 Å². The number of rotatable bonds is 8. The number of aromatic amines is 2. The molecule has 0 radical (unpaired) electrons. The van der Waals surface area contributed by atoms with E-state index in [0.29, 0.717) is 16.7 Å². The van der Waals surface area contributed by atoms with Crippen LogP contribution in [0.2, 0.25) is 0 Å². The number of hydrogen-bond donors (Lipinski definition) is 3. The van der Waals surface area contributed by atoms with Crippen LogP contribution in [0, 0.1) is 5.82 Å². The SMILES string of the molecule is CS(=O)(=O)NCc1cc(F)cc(-c2cncc3[nH]c(-c4n[nH]c5ccc(-c6cncc(OC7CCCCC7)c6)cc45)cc23)c1. The Kier molecular flexibility index (Phi) is 7.35. The molecule has 1 saturated carbocycles. The number of H-pyrrole nitrogens is 2. The Morgan fingerprint density at radius 1 is 0.886 bits per heavy atom. The summed E-state index contributed by atoms with van der Waals surface area (Å²) in [4.78, 5) is 12.3. The molecule has 1 aliphatic carbocycles. The van der Waals surface area contributed by atoms with E-state index in [1.165, 1.54) is 31.4 Å². The molecule has 1 fully saturated rings. The van der Waals surface area contributed by atoms with Crippen molar-refractivity contribution >= 4 is 31.8 Å². The van der Waals surface area contributed by atoms with Crippen molar-refractivity contribution in [1.29, 1.82) is 0 Å². The fourth-order valence-electron chi connectivity index (χ4n) is 5.95. The summed E-state index contributed by atoms with van der Waals surface area (Å²) in [7, 11) is -3.43. The van der Waals surface area contributed by atoms with Crippen LogP contribution in [0.3, 0.4) is 0 Å². The molecule has 11 heteroatoms. The molecular formula is C33H31FN6O3S.